The standard InChI is InChI=1S/C6H7N3O/c1-4-2-5(3-10)9-6(7)8-4/h2H,1H3,(H3,7,8,9). The van der Waals surface area contributed by atoms with E-state index in [-0.39, 0.29) is 5.96 Å². The molecule has 52 valence electrons. The monoisotopic (exact) mass is 137 g/mol. The van der Waals surface area contributed by atoms with Crippen molar-refractivity contribution in [3.8, 4) is 0 Å². The van der Waals surface area contributed by atoms with Crippen LogP contribution in [0.15, 0.2) is 22.5 Å². The van der Waals surface area contributed by atoms with Crippen LogP contribution in [0.2, 0.25) is 0 Å². The van der Waals surface area contributed by atoms with Crippen molar-refractivity contribution in [3.63, 3.8) is 0 Å². The minimum Gasteiger partial charge on any atom is -0.369 e. The Bertz CT molecular complexity index is 258. The molecular formula is C6H7N3O. The minimum absolute atomic E-state index is 0.235. The number of allylic oxidation sites excluding steroid dienone is 2. The van der Waals surface area contributed by atoms with Crippen molar-refractivity contribution in [2.75, 3.05) is 0 Å². The summed E-state index contributed by atoms with van der Waals surface area (Å²) >= 11 is 0. The van der Waals surface area contributed by atoms with Crippen LogP contribution in [0.3, 0.4) is 0 Å². The predicted octanol–water partition coefficient (Wildman–Crippen LogP) is -0.476. The van der Waals surface area contributed by atoms with Crippen LogP contribution in [0.1, 0.15) is 6.92 Å². The molecule has 0 unspecified atom stereocenters. The van der Waals surface area contributed by atoms with E-state index in [0.29, 0.717) is 11.4 Å². The van der Waals surface area contributed by atoms with Crippen molar-refractivity contribution in [2.24, 2.45) is 10.7 Å². The molecule has 0 radical (unpaired) electrons. The summed E-state index contributed by atoms with van der Waals surface area (Å²) in [5.74, 6) is 1.92. The van der Waals surface area contributed by atoms with E-state index in [4.69, 9.17) is 5.73 Å². The Labute approximate surface area is 58.1 Å². The maximum atomic E-state index is 10.1. The first-order chi connectivity index (χ1) is 4.72. The number of guanidine groups is 1. The summed E-state index contributed by atoms with van der Waals surface area (Å²) in [5, 5.41) is 2.54. The molecule has 1 heterocycles. The highest BCUT2D eigenvalue weighted by Gasteiger charge is 2.03. The molecule has 1 rings (SSSR count). The number of nitrogens with zero attached hydrogens (tertiary/aromatic N) is 1. The molecule has 0 aromatic heterocycles. The van der Waals surface area contributed by atoms with Crippen LogP contribution in [0.5, 0.6) is 0 Å². The Balaban J connectivity index is 2.98. The Morgan fingerprint density at radius 3 is 3.00 bits per heavy atom. The van der Waals surface area contributed by atoms with Gasteiger partial charge in [0.05, 0.1) is 0 Å². The van der Waals surface area contributed by atoms with Gasteiger partial charge in [-0.1, -0.05) is 0 Å². The highest BCUT2D eigenvalue weighted by molar-refractivity contribution is 5.85. The molecule has 0 aromatic rings. The van der Waals surface area contributed by atoms with Crippen LogP contribution < -0.4 is 11.1 Å². The van der Waals surface area contributed by atoms with Gasteiger partial charge in [0.15, 0.2) is 11.9 Å². The van der Waals surface area contributed by atoms with E-state index in [1.807, 2.05) is 0 Å². The second-order valence-corrected chi connectivity index (χ2v) is 1.92. The maximum Gasteiger partial charge on any atom is 0.198 e. The molecule has 10 heavy (non-hydrogen) atoms. The fraction of sp³-hybridized carbons (Fsp3) is 0.167. The minimum atomic E-state index is 0.235. The van der Waals surface area contributed by atoms with Gasteiger partial charge in [-0.15, -0.1) is 0 Å². The largest absolute Gasteiger partial charge is 0.369 e. The fourth-order valence-corrected chi connectivity index (χ4v) is 0.688. The summed E-state index contributed by atoms with van der Waals surface area (Å²) in [6.07, 6.45) is 1.57. The number of rotatable bonds is 0. The quantitative estimate of drug-likeness (QED) is 0.443. The molecule has 0 bridgehead atoms. The fourth-order valence-electron chi connectivity index (χ4n) is 0.688. The SMILES string of the molecule is CC1=CC(=C=O)NC(N)=N1. The number of nitrogens with one attached hydrogen (secondary N) is 1. The second-order valence-electron chi connectivity index (χ2n) is 1.92. The van der Waals surface area contributed by atoms with Gasteiger partial charge in [-0.25, -0.2) is 9.79 Å². The molecule has 0 amide bonds. The zero-order valence-corrected chi connectivity index (χ0v) is 5.51. The lowest BCUT2D eigenvalue weighted by Crippen LogP contribution is -2.32. The van der Waals surface area contributed by atoms with Crippen molar-refractivity contribution in [1.29, 1.82) is 0 Å². The zero-order valence-electron chi connectivity index (χ0n) is 5.51. The lowest BCUT2D eigenvalue weighted by Gasteiger charge is -2.08. The molecule has 1 aliphatic heterocycles. The summed E-state index contributed by atoms with van der Waals surface area (Å²) in [6.45, 7) is 1.76. The third kappa shape index (κ3) is 1.24. The van der Waals surface area contributed by atoms with E-state index in [1.165, 1.54) is 0 Å². The summed E-state index contributed by atoms with van der Waals surface area (Å²) in [6, 6.07) is 0. The van der Waals surface area contributed by atoms with Crippen molar-refractivity contribution >= 4 is 11.9 Å². The molecule has 0 saturated carbocycles. The van der Waals surface area contributed by atoms with Crippen LogP contribution in [0, 0.1) is 0 Å². The van der Waals surface area contributed by atoms with Gasteiger partial charge in [-0.2, -0.15) is 0 Å². The first-order valence-corrected chi connectivity index (χ1v) is 2.77. The van der Waals surface area contributed by atoms with Crippen molar-refractivity contribution in [1.82, 2.24) is 5.32 Å². The predicted molar refractivity (Wildman–Crippen MR) is 37.7 cm³/mol. The van der Waals surface area contributed by atoms with Gasteiger partial charge >= 0.3 is 0 Å². The molecule has 0 spiro atoms. The molecule has 3 N–H and O–H groups in total. The molecule has 0 atom stereocenters. The van der Waals surface area contributed by atoms with Crippen molar-refractivity contribution in [2.45, 2.75) is 6.92 Å². The van der Waals surface area contributed by atoms with E-state index >= 15 is 0 Å². The molecule has 0 fully saturated rings. The average molecular weight is 137 g/mol. The summed E-state index contributed by atoms with van der Waals surface area (Å²) in [5.41, 5.74) is 6.32. The highest BCUT2D eigenvalue weighted by Crippen LogP contribution is 2.02. The Kier molecular flexibility index (Phi) is 1.56. The van der Waals surface area contributed by atoms with Gasteiger partial charge < -0.3 is 11.1 Å². The first-order valence-electron chi connectivity index (χ1n) is 2.77. The zero-order chi connectivity index (χ0) is 7.56. The first kappa shape index (κ1) is 6.58. The number of nitrogens with two attached hydrogens (primary N) is 1. The van der Waals surface area contributed by atoms with Gasteiger partial charge in [-0.3, -0.25) is 0 Å². The second kappa shape index (κ2) is 2.37. The number of carbonyl (C=O) groups excluding carboxylic acids is 1. The van der Waals surface area contributed by atoms with E-state index in [9.17, 15) is 4.79 Å². The van der Waals surface area contributed by atoms with Crippen LogP contribution in [0.25, 0.3) is 0 Å². The van der Waals surface area contributed by atoms with E-state index in [0.717, 1.165) is 0 Å². The summed E-state index contributed by atoms with van der Waals surface area (Å²) in [4.78, 5) is 13.9. The van der Waals surface area contributed by atoms with Crippen LogP contribution in [0.4, 0.5) is 0 Å². The Morgan fingerprint density at radius 1 is 1.80 bits per heavy atom. The smallest absolute Gasteiger partial charge is 0.198 e. The Morgan fingerprint density at radius 2 is 2.50 bits per heavy atom. The van der Waals surface area contributed by atoms with Gasteiger partial charge in [0, 0.05) is 5.70 Å². The normalized spacial score (nSPS) is 16.7. The van der Waals surface area contributed by atoms with Crippen molar-refractivity contribution in [3.05, 3.63) is 17.5 Å². The van der Waals surface area contributed by atoms with E-state index in [1.54, 1.807) is 18.9 Å². The molecule has 0 aromatic carbocycles. The van der Waals surface area contributed by atoms with E-state index in [2.05, 4.69) is 10.3 Å². The molecule has 4 nitrogen and oxygen atoms in total. The molecule has 0 aliphatic carbocycles. The molecule has 0 saturated heterocycles. The number of hydrogen-bond acceptors (Lipinski definition) is 4. The number of hydrogen-bond donors (Lipinski definition) is 2. The van der Waals surface area contributed by atoms with E-state index < -0.39 is 0 Å². The lowest BCUT2D eigenvalue weighted by molar-refractivity contribution is 0.566. The highest BCUT2D eigenvalue weighted by atomic mass is 16.1. The summed E-state index contributed by atoms with van der Waals surface area (Å²) < 4.78 is 0. The molecule has 4 heteroatoms. The average Bonchev–Trinajstić information content (AvgIpc) is 1.85. The molecule has 1 aliphatic rings. The third-order valence-corrected chi connectivity index (χ3v) is 1.02. The topological polar surface area (TPSA) is 67.5 Å². The molecular weight excluding hydrogens is 130 g/mol. The van der Waals surface area contributed by atoms with Crippen LogP contribution in [-0.4, -0.2) is 11.9 Å². The van der Waals surface area contributed by atoms with Gasteiger partial charge in [0.1, 0.15) is 5.70 Å². The van der Waals surface area contributed by atoms with Gasteiger partial charge in [0.25, 0.3) is 0 Å². The van der Waals surface area contributed by atoms with Crippen LogP contribution >= 0.6 is 0 Å². The number of aliphatic imine (C=N–C) groups is 1. The Hall–Kier alpha value is -1.54. The maximum absolute atomic E-state index is 10.1. The van der Waals surface area contributed by atoms with Gasteiger partial charge in [-0.05, 0) is 13.0 Å². The lowest BCUT2D eigenvalue weighted by atomic mass is 10.3. The third-order valence-electron chi connectivity index (χ3n) is 1.02. The van der Waals surface area contributed by atoms with Gasteiger partial charge in [0.2, 0.25) is 0 Å². The van der Waals surface area contributed by atoms with Crippen LogP contribution in [-0.2, 0) is 4.79 Å². The van der Waals surface area contributed by atoms with Crippen molar-refractivity contribution < 1.29 is 4.79 Å². The summed E-state index contributed by atoms with van der Waals surface area (Å²) in [7, 11) is 0.